The Morgan fingerprint density at radius 3 is 2.70 bits per heavy atom. The molecule has 0 atom stereocenters. The molecule has 27 heavy (non-hydrogen) atoms. The van der Waals surface area contributed by atoms with E-state index >= 15 is 0 Å². The summed E-state index contributed by atoms with van der Waals surface area (Å²) in [5, 5.41) is 3.84. The first-order valence-electron chi connectivity index (χ1n) is 8.81. The van der Waals surface area contributed by atoms with E-state index in [9.17, 15) is 4.79 Å². The Labute approximate surface area is 163 Å². The van der Waals surface area contributed by atoms with Gasteiger partial charge in [0.2, 0.25) is 0 Å². The van der Waals surface area contributed by atoms with Crippen LogP contribution in [0, 0.1) is 6.92 Å². The Kier molecular flexibility index (Phi) is 4.77. The number of aromatic nitrogens is 2. The highest BCUT2D eigenvalue weighted by Gasteiger charge is 2.22. The number of aryl methyl sites for hydroxylation is 1. The first-order valence-corrected chi connectivity index (χ1v) is 9.19. The summed E-state index contributed by atoms with van der Waals surface area (Å²) in [7, 11) is 0. The molecule has 5 nitrogen and oxygen atoms in total. The Hall–Kier alpha value is -2.92. The third kappa shape index (κ3) is 3.78. The fourth-order valence-corrected chi connectivity index (χ4v) is 3.37. The molecule has 0 saturated heterocycles. The number of benzene rings is 2. The van der Waals surface area contributed by atoms with Crippen LogP contribution in [0.25, 0.3) is 0 Å². The number of carbonyl (C=O) groups is 1. The first kappa shape index (κ1) is 17.5. The van der Waals surface area contributed by atoms with Crippen molar-refractivity contribution < 1.29 is 4.79 Å². The minimum Gasteiger partial charge on any atom is -0.339 e. The number of anilines is 2. The van der Waals surface area contributed by atoms with E-state index in [-0.39, 0.29) is 5.91 Å². The van der Waals surface area contributed by atoms with Crippen molar-refractivity contribution >= 4 is 29.0 Å². The van der Waals surface area contributed by atoms with E-state index in [4.69, 9.17) is 11.6 Å². The first-order chi connectivity index (χ1) is 13.1. The van der Waals surface area contributed by atoms with Gasteiger partial charge in [0, 0.05) is 23.8 Å². The normalized spacial score (nSPS) is 13.2. The molecule has 1 amide bonds. The fourth-order valence-electron chi connectivity index (χ4n) is 3.20. The topological polar surface area (TPSA) is 58.1 Å². The number of hydrogen-bond donors (Lipinski definition) is 1. The highest BCUT2D eigenvalue weighted by molar-refractivity contribution is 6.30. The summed E-state index contributed by atoms with van der Waals surface area (Å²) in [5.41, 5.74) is 4.77. The van der Waals surface area contributed by atoms with Crippen LogP contribution in [-0.2, 0) is 13.0 Å². The fraction of sp³-hybridized carbons (Fsp3) is 0.190. The molecule has 1 aliphatic heterocycles. The van der Waals surface area contributed by atoms with Gasteiger partial charge in [-0.15, -0.1) is 0 Å². The number of amides is 1. The second-order valence-electron chi connectivity index (χ2n) is 6.62. The molecule has 136 valence electrons. The average Bonchev–Trinajstić information content (AvgIpc) is 2.70. The second-order valence-corrected chi connectivity index (χ2v) is 7.05. The van der Waals surface area contributed by atoms with Crippen molar-refractivity contribution in [2.24, 2.45) is 0 Å². The highest BCUT2D eigenvalue weighted by atomic mass is 35.5. The summed E-state index contributed by atoms with van der Waals surface area (Å²) >= 11 is 6.05. The van der Waals surface area contributed by atoms with Gasteiger partial charge in [-0.1, -0.05) is 41.9 Å². The predicted molar refractivity (Wildman–Crippen MR) is 106 cm³/mol. The molecule has 1 aromatic heterocycles. The van der Waals surface area contributed by atoms with Gasteiger partial charge in [0.05, 0.1) is 12.4 Å². The third-order valence-corrected chi connectivity index (χ3v) is 4.99. The minimum atomic E-state index is -0.0949. The molecule has 1 N–H and O–H groups in total. The van der Waals surface area contributed by atoms with Crippen LogP contribution in [-0.4, -0.2) is 27.3 Å². The minimum absolute atomic E-state index is 0.0949. The maximum absolute atomic E-state index is 12.8. The molecule has 0 spiro atoms. The smallest absolute Gasteiger partial charge is 0.274 e. The molecule has 6 heteroatoms. The van der Waals surface area contributed by atoms with Crippen LogP contribution in [0.1, 0.15) is 27.2 Å². The molecule has 0 radical (unpaired) electrons. The number of rotatable bonds is 3. The highest BCUT2D eigenvalue weighted by Crippen LogP contribution is 2.23. The van der Waals surface area contributed by atoms with E-state index in [2.05, 4.69) is 27.4 Å². The van der Waals surface area contributed by atoms with Gasteiger partial charge in [-0.2, -0.15) is 0 Å². The van der Waals surface area contributed by atoms with Gasteiger partial charge in [0.25, 0.3) is 5.91 Å². The standard InChI is InChI=1S/C21H19ClN4O/c1-14-6-7-17(22)10-18(14)25-20-12-23-19(11-24-20)21(27)26-9-8-15-4-2-3-5-16(15)13-26/h2-7,10-12H,8-9,13H2,1H3,(H,24,25). The Balaban J connectivity index is 1.47. The quantitative estimate of drug-likeness (QED) is 0.734. The molecule has 0 aliphatic carbocycles. The monoisotopic (exact) mass is 378 g/mol. The van der Waals surface area contributed by atoms with Crippen molar-refractivity contribution in [3.63, 3.8) is 0 Å². The maximum atomic E-state index is 12.8. The lowest BCUT2D eigenvalue weighted by molar-refractivity contribution is 0.0728. The molecule has 3 aromatic rings. The number of fused-ring (bicyclic) bond motifs is 1. The van der Waals surface area contributed by atoms with Crippen molar-refractivity contribution in [2.75, 3.05) is 11.9 Å². The number of nitrogens with zero attached hydrogens (tertiary/aromatic N) is 3. The van der Waals surface area contributed by atoms with E-state index in [1.54, 1.807) is 6.20 Å². The molecule has 0 bridgehead atoms. The van der Waals surface area contributed by atoms with Crippen molar-refractivity contribution in [2.45, 2.75) is 19.9 Å². The maximum Gasteiger partial charge on any atom is 0.274 e. The molecule has 0 unspecified atom stereocenters. The molecule has 0 saturated carbocycles. The van der Waals surface area contributed by atoms with Crippen molar-refractivity contribution in [1.82, 2.24) is 14.9 Å². The molecular weight excluding hydrogens is 360 g/mol. The van der Waals surface area contributed by atoms with Gasteiger partial charge in [-0.05, 0) is 42.2 Å². The van der Waals surface area contributed by atoms with Crippen LogP contribution in [0.3, 0.4) is 0 Å². The lowest BCUT2D eigenvalue weighted by Crippen LogP contribution is -2.36. The number of halogens is 1. The summed E-state index contributed by atoms with van der Waals surface area (Å²) in [4.78, 5) is 23.2. The molecule has 0 fully saturated rings. The van der Waals surface area contributed by atoms with Crippen LogP contribution in [0.2, 0.25) is 5.02 Å². The molecule has 2 aromatic carbocycles. The summed E-state index contributed by atoms with van der Waals surface area (Å²) < 4.78 is 0. The molecule has 4 rings (SSSR count). The summed E-state index contributed by atoms with van der Waals surface area (Å²) in [6.07, 6.45) is 3.96. The summed E-state index contributed by atoms with van der Waals surface area (Å²) in [5.74, 6) is 0.475. The third-order valence-electron chi connectivity index (χ3n) is 4.75. The number of hydrogen-bond acceptors (Lipinski definition) is 4. The zero-order valence-electron chi connectivity index (χ0n) is 14.9. The SMILES string of the molecule is Cc1ccc(Cl)cc1Nc1cnc(C(=O)N2CCc3ccccc3C2)cn1. The van der Waals surface area contributed by atoms with Gasteiger partial charge in [-0.3, -0.25) is 4.79 Å². The van der Waals surface area contributed by atoms with Gasteiger partial charge in [0.1, 0.15) is 11.5 Å². The molecule has 1 aliphatic rings. The van der Waals surface area contributed by atoms with Gasteiger partial charge in [0.15, 0.2) is 0 Å². The lowest BCUT2D eigenvalue weighted by atomic mass is 10.00. The molecule has 2 heterocycles. The molecular formula is C21H19ClN4O. The second kappa shape index (κ2) is 7.37. The van der Waals surface area contributed by atoms with Gasteiger partial charge in [-0.25, -0.2) is 9.97 Å². The van der Waals surface area contributed by atoms with Gasteiger partial charge < -0.3 is 10.2 Å². The Morgan fingerprint density at radius 2 is 1.93 bits per heavy atom. The van der Waals surface area contributed by atoms with Crippen molar-refractivity contribution in [3.05, 3.63) is 82.3 Å². The van der Waals surface area contributed by atoms with E-state index in [0.717, 1.165) is 17.7 Å². The Morgan fingerprint density at radius 1 is 1.11 bits per heavy atom. The van der Waals surface area contributed by atoms with E-state index in [1.165, 1.54) is 17.3 Å². The number of nitrogens with one attached hydrogen (secondary N) is 1. The summed E-state index contributed by atoms with van der Waals surface area (Å²) in [6, 6.07) is 13.8. The van der Waals surface area contributed by atoms with Crippen LogP contribution in [0.4, 0.5) is 11.5 Å². The average molecular weight is 379 g/mol. The van der Waals surface area contributed by atoms with E-state index in [1.807, 2.05) is 42.2 Å². The van der Waals surface area contributed by atoms with Crippen molar-refractivity contribution in [3.8, 4) is 0 Å². The number of carbonyl (C=O) groups excluding carboxylic acids is 1. The predicted octanol–water partition coefficient (Wildman–Crippen LogP) is 4.38. The van der Waals surface area contributed by atoms with Crippen LogP contribution >= 0.6 is 11.6 Å². The largest absolute Gasteiger partial charge is 0.339 e. The zero-order valence-corrected chi connectivity index (χ0v) is 15.7. The lowest BCUT2D eigenvalue weighted by Gasteiger charge is -2.28. The Bertz CT molecular complexity index is 988. The van der Waals surface area contributed by atoms with E-state index < -0.39 is 0 Å². The van der Waals surface area contributed by atoms with Crippen molar-refractivity contribution in [1.29, 1.82) is 0 Å². The van der Waals surface area contributed by atoms with Gasteiger partial charge >= 0.3 is 0 Å². The van der Waals surface area contributed by atoms with E-state index in [0.29, 0.717) is 29.6 Å². The van der Waals surface area contributed by atoms with Crippen LogP contribution < -0.4 is 5.32 Å². The van der Waals surface area contributed by atoms with Crippen LogP contribution in [0.5, 0.6) is 0 Å². The zero-order chi connectivity index (χ0) is 18.8. The van der Waals surface area contributed by atoms with Crippen LogP contribution in [0.15, 0.2) is 54.9 Å². The summed E-state index contributed by atoms with van der Waals surface area (Å²) in [6.45, 7) is 3.29.